The largest absolute Gasteiger partial charge is 0.506 e. The number of anilines is 2. The Morgan fingerprint density at radius 1 is 0.574 bits per heavy atom. The summed E-state index contributed by atoms with van der Waals surface area (Å²) in [6, 6.07) is 35.6. The van der Waals surface area contributed by atoms with Crippen LogP contribution in [0.3, 0.4) is 0 Å². The predicted octanol–water partition coefficient (Wildman–Crippen LogP) is 13.0. The average molecular weight is 836 g/mol. The van der Waals surface area contributed by atoms with Crippen LogP contribution in [0.5, 0.6) is 17.2 Å². The maximum atomic E-state index is 11.7. The van der Waals surface area contributed by atoms with Gasteiger partial charge < -0.3 is 25.4 Å². The molecule has 7 aromatic carbocycles. The second kappa shape index (κ2) is 18.0. The van der Waals surface area contributed by atoms with Crippen molar-refractivity contribution in [2.75, 3.05) is 12.4 Å². The minimum Gasteiger partial charge on any atom is -0.506 e. The van der Waals surface area contributed by atoms with Gasteiger partial charge in [-0.25, -0.2) is 0 Å². The van der Waals surface area contributed by atoms with Crippen molar-refractivity contribution >= 4 is 77.8 Å². The molecule has 0 fully saturated rings. The zero-order valence-electron chi connectivity index (χ0n) is 32.8. The fourth-order valence-electron chi connectivity index (χ4n) is 6.08. The van der Waals surface area contributed by atoms with Gasteiger partial charge in [-0.1, -0.05) is 36.4 Å². The first-order valence-electron chi connectivity index (χ1n) is 18.5. The van der Waals surface area contributed by atoms with Crippen LogP contribution in [0.1, 0.15) is 16.7 Å². The highest BCUT2D eigenvalue weighted by Crippen LogP contribution is 2.41. The molecule has 0 aliphatic heterocycles. The molecule has 0 unspecified atom stereocenters. The highest BCUT2D eigenvalue weighted by atomic mass is 32.2. The number of phenols is 2. The normalized spacial score (nSPS) is 12.1. The number of benzene rings is 7. The monoisotopic (exact) mass is 835 g/mol. The number of aryl methyl sites for hydroxylation is 2. The number of aromatic hydroxyl groups is 2. The number of phenolic OH excluding ortho intramolecular Hbond substituents is 2. The summed E-state index contributed by atoms with van der Waals surface area (Å²) in [5.74, 6) is 0.0265. The zero-order chi connectivity index (χ0) is 43.1. The zero-order valence-corrected chi connectivity index (χ0v) is 33.6. The smallest absolute Gasteiger partial charge is 0.296 e. The van der Waals surface area contributed by atoms with Gasteiger partial charge in [-0.2, -0.15) is 28.9 Å². The van der Waals surface area contributed by atoms with Gasteiger partial charge in [0, 0.05) is 34.5 Å². The van der Waals surface area contributed by atoms with Crippen LogP contribution in [0.15, 0.2) is 173 Å². The van der Waals surface area contributed by atoms with Crippen LogP contribution < -0.4 is 10.1 Å². The van der Waals surface area contributed by atoms with Crippen LogP contribution in [-0.2, 0) is 16.7 Å². The van der Waals surface area contributed by atoms with Crippen molar-refractivity contribution in [1.29, 1.82) is 0 Å². The Balaban J connectivity index is 1.05. The van der Waals surface area contributed by atoms with Crippen LogP contribution in [0.4, 0.5) is 56.9 Å². The summed E-state index contributed by atoms with van der Waals surface area (Å²) >= 11 is 0. The molecule has 0 amide bonds. The van der Waals surface area contributed by atoms with Crippen LogP contribution in [0.2, 0.25) is 0 Å². The van der Waals surface area contributed by atoms with E-state index in [1.54, 1.807) is 68.4 Å². The number of hydrogen-bond acceptors (Lipinski definition) is 15. The highest BCUT2D eigenvalue weighted by Gasteiger charge is 2.16. The average Bonchev–Trinajstić information content (AvgIpc) is 3.25. The van der Waals surface area contributed by atoms with Gasteiger partial charge in [-0.05, 0) is 109 Å². The minimum atomic E-state index is -4.49. The van der Waals surface area contributed by atoms with Gasteiger partial charge in [-0.15, -0.1) is 20.5 Å². The van der Waals surface area contributed by atoms with Gasteiger partial charge in [0.15, 0.2) is 5.75 Å². The van der Waals surface area contributed by atoms with Crippen LogP contribution in [0.25, 0.3) is 10.8 Å². The second-order valence-electron chi connectivity index (χ2n) is 13.5. The molecule has 17 heteroatoms. The lowest BCUT2D eigenvalue weighted by molar-refractivity contribution is 0.282. The van der Waals surface area contributed by atoms with E-state index in [4.69, 9.17) is 4.74 Å². The number of hydrogen-bond donors (Lipinski definition) is 5. The predicted molar refractivity (Wildman–Crippen MR) is 231 cm³/mol. The third-order valence-corrected chi connectivity index (χ3v) is 10.2. The van der Waals surface area contributed by atoms with E-state index < -0.39 is 16.7 Å². The molecule has 16 nitrogen and oxygen atoms in total. The summed E-state index contributed by atoms with van der Waals surface area (Å²) in [4.78, 5) is -0.361. The quantitative estimate of drug-likeness (QED) is 0.0552. The summed E-state index contributed by atoms with van der Waals surface area (Å²) in [5.41, 5.74) is 5.66. The van der Waals surface area contributed by atoms with Crippen molar-refractivity contribution in [3.63, 3.8) is 0 Å². The molecule has 0 radical (unpaired) electrons. The first-order valence-corrected chi connectivity index (χ1v) is 19.9. The Labute approximate surface area is 349 Å². The summed E-state index contributed by atoms with van der Waals surface area (Å²) in [7, 11) is -3.04. The molecule has 0 spiro atoms. The van der Waals surface area contributed by atoms with E-state index in [9.17, 15) is 28.3 Å². The first-order chi connectivity index (χ1) is 29.4. The van der Waals surface area contributed by atoms with Crippen molar-refractivity contribution in [2.45, 2.75) is 25.3 Å². The molecule has 5 N–H and O–H groups in total. The van der Waals surface area contributed by atoms with Crippen LogP contribution >= 0.6 is 0 Å². The molecule has 0 aliphatic rings. The SMILES string of the molecule is COc1cc(N=Nc2ccc(N=Nc3ccccc3S(=O)(=O)O)c(C)c2)c(CO)cc1N=Nc1cc(O)c(N=Nc2ccc3cc(Nc4ccccc4)ccc3c2O)cc1C. The Bertz CT molecular complexity index is 3010. The van der Waals surface area contributed by atoms with Crippen LogP contribution in [0, 0.1) is 13.8 Å². The van der Waals surface area contributed by atoms with E-state index in [0.29, 0.717) is 44.8 Å². The molecule has 0 bridgehead atoms. The second-order valence-corrected chi connectivity index (χ2v) is 14.9. The van der Waals surface area contributed by atoms with Crippen molar-refractivity contribution in [1.82, 2.24) is 0 Å². The number of aliphatic hydroxyl groups is 1. The standard InChI is InChI=1S/C44H37N9O7S/c1-26-19-32(15-18-34(26)47-48-35-11-7-8-12-43(35)61(57,58)59)46-51-38-24-42(60-3)40(22-29(38)25-54)53-50-37-23-41(55)39(20-27(37)2)52-49-36-17-13-28-21-31(14-16-33(28)44(36)56)45-30-9-5-4-6-10-30/h4-24,45,54-56H,25H2,1-3H3,(H,57,58,59). The number of aliphatic hydroxyl groups excluding tert-OH is 1. The van der Waals surface area contributed by atoms with Crippen molar-refractivity contribution in [3.8, 4) is 17.2 Å². The molecular weight excluding hydrogens is 799 g/mol. The van der Waals surface area contributed by atoms with Crippen molar-refractivity contribution in [3.05, 3.63) is 144 Å². The number of nitrogens with zero attached hydrogens (tertiary/aromatic N) is 8. The summed E-state index contributed by atoms with van der Waals surface area (Å²) in [5, 5.41) is 70.7. The van der Waals surface area contributed by atoms with Crippen LogP contribution in [-0.4, -0.2) is 35.4 Å². The van der Waals surface area contributed by atoms with Gasteiger partial charge in [0.2, 0.25) is 0 Å². The van der Waals surface area contributed by atoms with E-state index in [0.717, 1.165) is 16.8 Å². The number of nitrogens with one attached hydrogen (secondary N) is 1. The Kier molecular flexibility index (Phi) is 12.3. The molecular formula is C44H37N9O7S. The number of para-hydroxylation sites is 1. The molecule has 0 heterocycles. The Morgan fingerprint density at radius 3 is 1.98 bits per heavy atom. The van der Waals surface area contributed by atoms with Gasteiger partial charge >= 0.3 is 0 Å². The molecule has 0 aromatic heterocycles. The number of rotatable bonds is 13. The maximum absolute atomic E-state index is 11.7. The topological polar surface area (TPSA) is 235 Å². The van der Waals surface area contributed by atoms with Crippen molar-refractivity contribution in [2.24, 2.45) is 40.9 Å². The lowest BCUT2D eigenvalue weighted by Gasteiger charge is -2.09. The molecule has 61 heavy (non-hydrogen) atoms. The molecule has 0 aliphatic carbocycles. The minimum absolute atomic E-state index is 0.0151. The molecule has 0 atom stereocenters. The number of azo groups is 4. The number of methoxy groups -OCH3 is 1. The third kappa shape index (κ3) is 9.77. The molecule has 0 saturated heterocycles. The molecule has 7 rings (SSSR count). The summed E-state index contributed by atoms with van der Waals surface area (Å²) in [6.07, 6.45) is 0. The van der Waals surface area contributed by atoms with Gasteiger partial charge in [0.25, 0.3) is 10.1 Å². The van der Waals surface area contributed by atoms with E-state index in [2.05, 4.69) is 46.2 Å². The van der Waals surface area contributed by atoms with E-state index in [-0.39, 0.29) is 44.9 Å². The summed E-state index contributed by atoms with van der Waals surface area (Å²) < 4.78 is 38.4. The Morgan fingerprint density at radius 2 is 1.23 bits per heavy atom. The van der Waals surface area contributed by atoms with E-state index >= 15 is 0 Å². The Hall–Kier alpha value is -7.73. The lowest BCUT2D eigenvalue weighted by atomic mass is 10.1. The van der Waals surface area contributed by atoms with E-state index in [1.165, 1.54) is 31.4 Å². The fourth-order valence-corrected chi connectivity index (χ4v) is 6.70. The fraction of sp³-hybridized carbons (Fsp3) is 0.0909. The molecule has 7 aromatic rings. The van der Waals surface area contributed by atoms with Gasteiger partial charge in [-0.3, -0.25) is 4.55 Å². The van der Waals surface area contributed by atoms with Gasteiger partial charge in [0.1, 0.15) is 39.1 Å². The number of ether oxygens (including phenoxy) is 1. The number of fused-ring (bicyclic) bond motifs is 1. The molecule has 0 saturated carbocycles. The van der Waals surface area contributed by atoms with Gasteiger partial charge in [0.05, 0.1) is 36.5 Å². The van der Waals surface area contributed by atoms with Crippen molar-refractivity contribution < 1.29 is 33.0 Å². The maximum Gasteiger partial charge on any atom is 0.296 e. The highest BCUT2D eigenvalue weighted by molar-refractivity contribution is 7.86. The lowest BCUT2D eigenvalue weighted by Crippen LogP contribution is -1.97. The molecule has 306 valence electrons. The third-order valence-electron chi connectivity index (χ3n) is 9.27. The summed E-state index contributed by atoms with van der Waals surface area (Å²) in [6.45, 7) is 3.13. The first kappa shape index (κ1) is 41.4. The van der Waals surface area contributed by atoms with E-state index in [1.807, 2.05) is 48.5 Å².